The van der Waals surface area contributed by atoms with Crippen LogP contribution in [0.25, 0.3) is 0 Å². The molecule has 0 aliphatic rings. The summed E-state index contributed by atoms with van der Waals surface area (Å²) in [6, 6.07) is 3.82. The van der Waals surface area contributed by atoms with Crippen LogP contribution in [-0.2, 0) is 11.3 Å². The Morgan fingerprint density at radius 1 is 1.47 bits per heavy atom. The van der Waals surface area contributed by atoms with Crippen LogP contribution in [-0.4, -0.2) is 37.2 Å². The normalized spacial score (nSPS) is 10.9. The second-order valence-corrected chi connectivity index (χ2v) is 3.96. The summed E-state index contributed by atoms with van der Waals surface area (Å²) in [4.78, 5) is 6.28. The SMILES string of the molecule is COCCCN(C)Cc1ccc(Cl)nc1. The molecule has 0 unspecified atom stereocenters. The van der Waals surface area contributed by atoms with E-state index in [0.717, 1.165) is 26.1 Å². The molecule has 0 bridgehead atoms. The van der Waals surface area contributed by atoms with Crippen molar-refractivity contribution in [3.05, 3.63) is 29.0 Å². The molecule has 15 heavy (non-hydrogen) atoms. The minimum absolute atomic E-state index is 0.542. The van der Waals surface area contributed by atoms with E-state index in [-0.39, 0.29) is 0 Å². The molecule has 0 aliphatic heterocycles. The van der Waals surface area contributed by atoms with Gasteiger partial charge in [0.2, 0.25) is 0 Å². The Kier molecular flexibility index (Phi) is 5.61. The number of aromatic nitrogens is 1. The Morgan fingerprint density at radius 3 is 2.87 bits per heavy atom. The maximum atomic E-state index is 5.71. The Hall–Kier alpha value is -0.640. The van der Waals surface area contributed by atoms with Gasteiger partial charge in [-0.1, -0.05) is 17.7 Å². The van der Waals surface area contributed by atoms with Gasteiger partial charge in [-0.15, -0.1) is 0 Å². The van der Waals surface area contributed by atoms with Crippen molar-refractivity contribution >= 4 is 11.6 Å². The minimum Gasteiger partial charge on any atom is -0.385 e. The van der Waals surface area contributed by atoms with E-state index >= 15 is 0 Å². The van der Waals surface area contributed by atoms with Crippen LogP contribution in [0.4, 0.5) is 0 Å². The third kappa shape index (κ3) is 5.11. The van der Waals surface area contributed by atoms with Crippen LogP contribution in [0.3, 0.4) is 0 Å². The molecule has 0 aliphatic carbocycles. The molecule has 1 aromatic rings. The molecule has 1 rings (SSSR count). The fraction of sp³-hybridized carbons (Fsp3) is 0.545. The van der Waals surface area contributed by atoms with Gasteiger partial charge in [0.25, 0.3) is 0 Å². The zero-order valence-corrected chi connectivity index (χ0v) is 10.00. The van der Waals surface area contributed by atoms with E-state index in [4.69, 9.17) is 16.3 Å². The maximum absolute atomic E-state index is 5.71. The van der Waals surface area contributed by atoms with E-state index in [2.05, 4.69) is 16.9 Å². The van der Waals surface area contributed by atoms with Gasteiger partial charge in [0, 0.05) is 33.0 Å². The molecule has 84 valence electrons. The Morgan fingerprint density at radius 2 is 2.27 bits per heavy atom. The van der Waals surface area contributed by atoms with Gasteiger partial charge in [-0.25, -0.2) is 4.98 Å². The Labute approximate surface area is 96.0 Å². The van der Waals surface area contributed by atoms with Crippen molar-refractivity contribution in [3.8, 4) is 0 Å². The van der Waals surface area contributed by atoms with Crippen LogP contribution in [0, 0.1) is 0 Å². The number of pyridine rings is 1. The third-order valence-corrected chi connectivity index (χ3v) is 2.35. The lowest BCUT2D eigenvalue weighted by molar-refractivity contribution is 0.178. The van der Waals surface area contributed by atoms with E-state index in [0.29, 0.717) is 5.15 Å². The molecular weight excluding hydrogens is 212 g/mol. The monoisotopic (exact) mass is 228 g/mol. The van der Waals surface area contributed by atoms with Gasteiger partial charge < -0.3 is 9.64 Å². The highest BCUT2D eigenvalue weighted by Crippen LogP contribution is 2.07. The highest BCUT2D eigenvalue weighted by molar-refractivity contribution is 6.29. The average Bonchev–Trinajstić information content (AvgIpc) is 2.22. The highest BCUT2D eigenvalue weighted by Gasteiger charge is 2.00. The zero-order valence-electron chi connectivity index (χ0n) is 9.24. The van der Waals surface area contributed by atoms with Crippen LogP contribution >= 0.6 is 11.6 Å². The Bertz CT molecular complexity index is 276. The minimum atomic E-state index is 0.542. The second kappa shape index (κ2) is 6.77. The topological polar surface area (TPSA) is 25.4 Å². The summed E-state index contributed by atoms with van der Waals surface area (Å²) in [7, 11) is 3.81. The number of methoxy groups -OCH3 is 1. The first-order valence-electron chi connectivity index (χ1n) is 5.00. The fourth-order valence-electron chi connectivity index (χ4n) is 1.37. The molecule has 0 fully saturated rings. The molecule has 0 atom stereocenters. The number of rotatable bonds is 6. The van der Waals surface area contributed by atoms with Gasteiger partial charge in [-0.05, 0) is 25.1 Å². The molecule has 1 aromatic heterocycles. The molecule has 0 radical (unpaired) electrons. The first kappa shape index (κ1) is 12.4. The molecular formula is C11H17ClN2O. The van der Waals surface area contributed by atoms with Gasteiger partial charge in [0.05, 0.1) is 0 Å². The Balaban J connectivity index is 2.31. The summed E-state index contributed by atoms with van der Waals surface area (Å²) in [6.45, 7) is 2.73. The zero-order chi connectivity index (χ0) is 11.1. The molecule has 0 amide bonds. The molecule has 0 saturated carbocycles. The number of hydrogen-bond donors (Lipinski definition) is 0. The number of nitrogens with zero attached hydrogens (tertiary/aromatic N) is 2. The van der Waals surface area contributed by atoms with Gasteiger partial charge in [-0.3, -0.25) is 0 Å². The highest BCUT2D eigenvalue weighted by atomic mass is 35.5. The molecule has 0 saturated heterocycles. The average molecular weight is 229 g/mol. The summed E-state index contributed by atoms with van der Waals surface area (Å²) >= 11 is 5.71. The largest absolute Gasteiger partial charge is 0.385 e. The number of halogens is 1. The van der Waals surface area contributed by atoms with Crippen LogP contribution in [0.1, 0.15) is 12.0 Å². The lowest BCUT2D eigenvalue weighted by atomic mass is 10.2. The van der Waals surface area contributed by atoms with E-state index in [1.54, 1.807) is 7.11 Å². The van der Waals surface area contributed by atoms with Crippen molar-refractivity contribution in [2.75, 3.05) is 27.3 Å². The molecule has 4 heteroatoms. The number of hydrogen-bond acceptors (Lipinski definition) is 3. The van der Waals surface area contributed by atoms with Crippen molar-refractivity contribution in [1.82, 2.24) is 9.88 Å². The molecule has 0 spiro atoms. The standard InChI is InChI=1S/C11H17ClN2O/c1-14(6-3-7-15-2)9-10-4-5-11(12)13-8-10/h4-5,8H,3,6-7,9H2,1-2H3. The predicted molar refractivity (Wildman–Crippen MR) is 62.1 cm³/mol. The fourth-order valence-corrected chi connectivity index (χ4v) is 1.48. The maximum Gasteiger partial charge on any atom is 0.129 e. The van der Waals surface area contributed by atoms with Crippen LogP contribution in [0.2, 0.25) is 5.15 Å². The van der Waals surface area contributed by atoms with Crippen molar-refractivity contribution < 1.29 is 4.74 Å². The van der Waals surface area contributed by atoms with Crippen LogP contribution < -0.4 is 0 Å². The summed E-state index contributed by atoms with van der Waals surface area (Å²) in [5.74, 6) is 0. The summed E-state index contributed by atoms with van der Waals surface area (Å²) in [5.41, 5.74) is 1.18. The predicted octanol–water partition coefficient (Wildman–Crippen LogP) is 2.20. The van der Waals surface area contributed by atoms with Crippen molar-refractivity contribution in [2.24, 2.45) is 0 Å². The van der Waals surface area contributed by atoms with E-state index in [1.807, 2.05) is 18.3 Å². The van der Waals surface area contributed by atoms with Gasteiger partial charge in [0.1, 0.15) is 5.15 Å². The quantitative estimate of drug-likeness (QED) is 0.552. The van der Waals surface area contributed by atoms with Crippen molar-refractivity contribution in [2.45, 2.75) is 13.0 Å². The van der Waals surface area contributed by atoms with E-state index < -0.39 is 0 Å². The van der Waals surface area contributed by atoms with E-state index in [1.165, 1.54) is 5.56 Å². The molecule has 0 aromatic carbocycles. The summed E-state index contributed by atoms with van der Waals surface area (Å²) in [6.07, 6.45) is 2.86. The lowest BCUT2D eigenvalue weighted by Gasteiger charge is -2.15. The van der Waals surface area contributed by atoms with Crippen LogP contribution in [0.15, 0.2) is 18.3 Å². The van der Waals surface area contributed by atoms with Gasteiger partial charge >= 0.3 is 0 Å². The smallest absolute Gasteiger partial charge is 0.129 e. The van der Waals surface area contributed by atoms with E-state index in [9.17, 15) is 0 Å². The summed E-state index contributed by atoms with van der Waals surface area (Å²) in [5, 5.41) is 0.542. The first-order chi connectivity index (χ1) is 7.22. The summed E-state index contributed by atoms with van der Waals surface area (Å²) < 4.78 is 5.00. The number of ether oxygens (including phenoxy) is 1. The molecule has 3 nitrogen and oxygen atoms in total. The molecule has 1 heterocycles. The third-order valence-electron chi connectivity index (χ3n) is 2.13. The lowest BCUT2D eigenvalue weighted by Crippen LogP contribution is -2.20. The van der Waals surface area contributed by atoms with Crippen molar-refractivity contribution in [1.29, 1.82) is 0 Å². The van der Waals surface area contributed by atoms with Gasteiger partial charge in [-0.2, -0.15) is 0 Å². The van der Waals surface area contributed by atoms with Crippen LogP contribution in [0.5, 0.6) is 0 Å². The second-order valence-electron chi connectivity index (χ2n) is 3.57. The van der Waals surface area contributed by atoms with Gasteiger partial charge in [0.15, 0.2) is 0 Å². The molecule has 0 N–H and O–H groups in total. The first-order valence-corrected chi connectivity index (χ1v) is 5.38. The van der Waals surface area contributed by atoms with Crippen molar-refractivity contribution in [3.63, 3.8) is 0 Å².